The van der Waals surface area contributed by atoms with Crippen molar-refractivity contribution in [1.29, 1.82) is 0 Å². The first-order valence-electron chi connectivity index (χ1n) is 6.33. The number of unbranched alkanes of at least 4 members (excludes halogenated alkanes) is 1. The predicted molar refractivity (Wildman–Crippen MR) is 81.6 cm³/mol. The van der Waals surface area contributed by atoms with E-state index in [0.29, 0.717) is 25.1 Å². The van der Waals surface area contributed by atoms with Crippen molar-refractivity contribution in [3.63, 3.8) is 0 Å². The topological polar surface area (TPSA) is 141 Å². The maximum Gasteiger partial charge on any atom is 0.366 e. The van der Waals surface area contributed by atoms with E-state index in [4.69, 9.17) is 16.6 Å². The van der Waals surface area contributed by atoms with Crippen LogP contribution in [0.2, 0.25) is 0 Å². The molecule has 20 heavy (non-hydrogen) atoms. The molecule has 0 saturated carbocycles. The molecule has 1 unspecified atom stereocenters. The monoisotopic (exact) mass is 325 g/mol. The number of carbonyl (C=O) groups is 2. The first-order valence-corrected chi connectivity index (χ1v) is 8.87. The molecule has 118 valence electrons. The van der Waals surface area contributed by atoms with Crippen LogP contribution in [-0.4, -0.2) is 51.4 Å². The van der Waals surface area contributed by atoms with Crippen molar-refractivity contribution in [2.24, 2.45) is 11.5 Å². The lowest BCUT2D eigenvalue weighted by atomic mass is 10.1. The molecule has 0 heterocycles. The van der Waals surface area contributed by atoms with E-state index in [0.717, 1.165) is 6.42 Å². The average molecular weight is 325 g/mol. The number of hydrogen-bond acceptors (Lipinski definition) is 7. The lowest BCUT2D eigenvalue weighted by Crippen LogP contribution is -2.48. The van der Waals surface area contributed by atoms with Crippen molar-refractivity contribution in [1.82, 2.24) is 4.72 Å². The number of nitrogens with two attached hydrogens (primary N) is 2. The molecule has 6 N–H and O–H groups in total. The van der Waals surface area contributed by atoms with Crippen molar-refractivity contribution >= 4 is 34.2 Å². The molecule has 0 amide bonds. The third-order valence-corrected chi connectivity index (χ3v) is 4.42. The second kappa shape index (κ2) is 11.4. The van der Waals surface area contributed by atoms with E-state index in [1.165, 1.54) is 11.8 Å². The normalized spacial score (nSPS) is 15.6. The molecule has 0 radical (unpaired) electrons. The number of rotatable bonds is 11. The minimum Gasteiger partial charge on any atom is -0.591 e. The Morgan fingerprint density at radius 3 is 2.55 bits per heavy atom. The van der Waals surface area contributed by atoms with Crippen LogP contribution in [0.4, 0.5) is 0 Å². The highest BCUT2D eigenvalue weighted by molar-refractivity contribution is 8.04. The van der Waals surface area contributed by atoms with Gasteiger partial charge in [-0.15, -0.1) is 4.72 Å². The summed E-state index contributed by atoms with van der Waals surface area (Å²) in [4.78, 5) is 22.7. The molecular weight excluding hydrogens is 302 g/mol. The molecular formula is C11H23N3O4S2. The second-order valence-electron chi connectivity index (χ2n) is 4.27. The second-order valence-corrected chi connectivity index (χ2v) is 6.43. The number of carboxylic acid groups (broad SMARTS) is 1. The summed E-state index contributed by atoms with van der Waals surface area (Å²) in [6.07, 6.45) is 3.94. The summed E-state index contributed by atoms with van der Waals surface area (Å²) >= 11 is -0.611. The summed E-state index contributed by atoms with van der Waals surface area (Å²) in [5.74, 6) is -0.533. The zero-order valence-corrected chi connectivity index (χ0v) is 13.2. The molecule has 0 rings (SSSR count). The Balaban J connectivity index is 4.29. The molecule has 0 saturated heterocycles. The smallest absolute Gasteiger partial charge is 0.366 e. The van der Waals surface area contributed by atoms with Crippen molar-refractivity contribution < 1.29 is 19.2 Å². The number of carbonyl (C=O) groups excluding carboxylic acids is 1. The Morgan fingerprint density at radius 2 is 2.05 bits per heavy atom. The van der Waals surface area contributed by atoms with E-state index in [9.17, 15) is 14.1 Å². The van der Waals surface area contributed by atoms with Gasteiger partial charge in [-0.1, -0.05) is 0 Å². The standard InChI is InChI=1S/C11H23N3O4S2/c1-19-7-5-9(10(15)16)14-20(18)11(17)8(13)4-2-3-6-12/h8-9,14H,2-7,12-13H2,1H3,(H,15,16)/t8-,9-,20?/m0/s1. The summed E-state index contributed by atoms with van der Waals surface area (Å²) in [6.45, 7) is 0.512. The summed E-state index contributed by atoms with van der Waals surface area (Å²) in [5.41, 5.74) is 11.0. The molecule has 3 atom stereocenters. The first kappa shape index (κ1) is 19.7. The van der Waals surface area contributed by atoms with Gasteiger partial charge in [-0.3, -0.25) is 4.79 Å². The van der Waals surface area contributed by atoms with E-state index in [1.54, 1.807) is 0 Å². The summed E-state index contributed by atoms with van der Waals surface area (Å²) in [7, 11) is 0. The van der Waals surface area contributed by atoms with E-state index >= 15 is 0 Å². The van der Waals surface area contributed by atoms with Crippen LogP contribution >= 0.6 is 11.8 Å². The van der Waals surface area contributed by atoms with Crippen LogP contribution in [0, 0.1) is 0 Å². The van der Waals surface area contributed by atoms with Crippen molar-refractivity contribution in [3.8, 4) is 0 Å². The number of aliphatic carboxylic acids is 1. The van der Waals surface area contributed by atoms with Crippen LogP contribution in [0.3, 0.4) is 0 Å². The molecule has 0 aromatic heterocycles. The van der Waals surface area contributed by atoms with Crippen molar-refractivity contribution in [2.45, 2.75) is 37.8 Å². The van der Waals surface area contributed by atoms with E-state index in [2.05, 4.69) is 4.72 Å². The third kappa shape index (κ3) is 8.08. The van der Waals surface area contributed by atoms with Gasteiger partial charge in [0.2, 0.25) is 0 Å². The summed E-state index contributed by atoms with van der Waals surface area (Å²) in [5, 5.41) is 8.31. The van der Waals surface area contributed by atoms with Gasteiger partial charge < -0.3 is 21.1 Å². The maximum absolute atomic E-state index is 11.8. The lowest BCUT2D eigenvalue weighted by molar-refractivity contribution is -0.138. The Labute approximate surface area is 126 Å². The Bertz CT molecular complexity index is 307. The molecule has 0 bridgehead atoms. The van der Waals surface area contributed by atoms with Gasteiger partial charge in [0, 0.05) is 0 Å². The molecule has 0 aliphatic rings. The lowest BCUT2D eigenvalue weighted by Gasteiger charge is -2.17. The van der Waals surface area contributed by atoms with Crippen LogP contribution in [0.5, 0.6) is 0 Å². The van der Waals surface area contributed by atoms with Crippen LogP contribution < -0.4 is 16.2 Å². The van der Waals surface area contributed by atoms with Gasteiger partial charge >= 0.3 is 11.1 Å². The average Bonchev–Trinajstić information content (AvgIpc) is 2.42. The van der Waals surface area contributed by atoms with Crippen LogP contribution in [0.1, 0.15) is 25.7 Å². The summed E-state index contributed by atoms with van der Waals surface area (Å²) in [6, 6.07) is -1.87. The van der Waals surface area contributed by atoms with Gasteiger partial charge in [0.25, 0.3) is 0 Å². The molecule has 9 heteroatoms. The predicted octanol–water partition coefficient (Wildman–Crippen LogP) is -0.571. The molecule has 0 aliphatic heterocycles. The molecule has 7 nitrogen and oxygen atoms in total. The van der Waals surface area contributed by atoms with Gasteiger partial charge in [-0.2, -0.15) is 11.8 Å². The molecule has 0 aromatic rings. The van der Waals surface area contributed by atoms with Crippen LogP contribution in [0.25, 0.3) is 0 Å². The van der Waals surface area contributed by atoms with Crippen LogP contribution in [0.15, 0.2) is 0 Å². The zero-order valence-electron chi connectivity index (χ0n) is 11.5. The van der Waals surface area contributed by atoms with E-state index in [-0.39, 0.29) is 6.42 Å². The SMILES string of the molecule is CSCC[C@H](N[S+]([O-])C(=O)[C@@H](N)CCCCN)C(=O)O. The fourth-order valence-electron chi connectivity index (χ4n) is 1.42. The highest BCUT2D eigenvalue weighted by Gasteiger charge is 2.31. The van der Waals surface area contributed by atoms with E-state index < -0.39 is 34.5 Å². The van der Waals surface area contributed by atoms with Crippen LogP contribution in [-0.2, 0) is 21.0 Å². The quantitative estimate of drug-likeness (QED) is 0.292. The number of carboxylic acids is 1. The Morgan fingerprint density at radius 1 is 1.40 bits per heavy atom. The Kier molecular flexibility index (Phi) is 11.2. The molecule has 0 aliphatic carbocycles. The fourth-order valence-corrected chi connectivity index (χ4v) is 2.88. The largest absolute Gasteiger partial charge is 0.591 e. The van der Waals surface area contributed by atoms with E-state index in [1.807, 2.05) is 6.26 Å². The fraction of sp³-hybridized carbons (Fsp3) is 0.818. The maximum atomic E-state index is 11.8. The number of nitrogens with one attached hydrogen (secondary N) is 1. The van der Waals surface area contributed by atoms with Gasteiger partial charge in [0.15, 0.2) is 6.04 Å². The van der Waals surface area contributed by atoms with Gasteiger partial charge in [-0.05, 0) is 44.2 Å². The molecule has 0 spiro atoms. The van der Waals surface area contributed by atoms with Gasteiger partial charge in [0.05, 0.1) is 0 Å². The van der Waals surface area contributed by atoms with Gasteiger partial charge in [0.1, 0.15) is 17.4 Å². The zero-order chi connectivity index (χ0) is 15.5. The molecule has 0 aromatic carbocycles. The summed E-state index contributed by atoms with van der Waals surface area (Å²) < 4.78 is 14.1. The number of thioether (sulfide) groups is 1. The van der Waals surface area contributed by atoms with Gasteiger partial charge in [-0.25, -0.2) is 4.79 Å². The molecule has 0 fully saturated rings. The van der Waals surface area contributed by atoms with Crippen molar-refractivity contribution in [3.05, 3.63) is 0 Å². The Hall–Kier alpha value is -0.320. The highest BCUT2D eigenvalue weighted by Crippen LogP contribution is 2.06. The first-order chi connectivity index (χ1) is 9.43. The van der Waals surface area contributed by atoms with Crippen molar-refractivity contribution in [2.75, 3.05) is 18.6 Å². The number of hydrogen-bond donors (Lipinski definition) is 4. The minimum atomic E-state index is -2.09. The minimum absolute atomic E-state index is 0.290. The highest BCUT2D eigenvalue weighted by atomic mass is 32.2. The third-order valence-electron chi connectivity index (χ3n) is 2.61.